The first kappa shape index (κ1) is 31.5. The molecule has 37 heavy (non-hydrogen) atoms. The smallest absolute Gasteiger partial charge is 0.223 e. The predicted molar refractivity (Wildman–Crippen MR) is 155 cm³/mol. The molecular formula is C29H46Cl2N4O2. The van der Waals surface area contributed by atoms with Crippen molar-refractivity contribution in [2.45, 2.75) is 97.6 Å². The summed E-state index contributed by atoms with van der Waals surface area (Å²) in [4.78, 5) is 18.1. The van der Waals surface area contributed by atoms with E-state index in [1.54, 1.807) is 12.1 Å². The zero-order valence-electron chi connectivity index (χ0n) is 22.8. The van der Waals surface area contributed by atoms with E-state index in [0.717, 1.165) is 75.4 Å². The second-order valence-corrected chi connectivity index (χ2v) is 10.7. The number of rotatable bonds is 9. The highest BCUT2D eigenvalue weighted by molar-refractivity contribution is 5.85. The fourth-order valence-electron chi connectivity index (χ4n) is 5.96. The average molecular weight is 554 g/mol. The highest BCUT2D eigenvalue weighted by Crippen LogP contribution is 2.29. The maximum atomic E-state index is 13.3. The minimum atomic E-state index is 0. The maximum absolute atomic E-state index is 13.3. The number of phenols is 1. The van der Waals surface area contributed by atoms with Crippen LogP contribution in [0.25, 0.3) is 5.69 Å². The largest absolute Gasteiger partial charge is 0.508 e. The van der Waals surface area contributed by atoms with Gasteiger partial charge in [0.15, 0.2) is 0 Å². The lowest BCUT2D eigenvalue weighted by Gasteiger charge is -2.39. The number of carbonyl (C=O) groups is 1. The second-order valence-electron chi connectivity index (χ2n) is 10.7. The van der Waals surface area contributed by atoms with Gasteiger partial charge in [-0.1, -0.05) is 32.6 Å². The number of amides is 1. The van der Waals surface area contributed by atoms with E-state index in [0.29, 0.717) is 17.9 Å². The molecular weight excluding hydrogens is 507 g/mol. The van der Waals surface area contributed by atoms with Crippen molar-refractivity contribution >= 4 is 30.7 Å². The van der Waals surface area contributed by atoms with Crippen molar-refractivity contribution in [3.63, 3.8) is 0 Å². The summed E-state index contributed by atoms with van der Waals surface area (Å²) in [6, 6.07) is 7.60. The summed E-state index contributed by atoms with van der Waals surface area (Å²) >= 11 is 0. The first-order valence-corrected chi connectivity index (χ1v) is 13.8. The van der Waals surface area contributed by atoms with Gasteiger partial charge in [0, 0.05) is 49.9 Å². The minimum absolute atomic E-state index is 0. The van der Waals surface area contributed by atoms with Crippen molar-refractivity contribution in [1.29, 1.82) is 0 Å². The van der Waals surface area contributed by atoms with Crippen molar-refractivity contribution in [1.82, 2.24) is 19.6 Å². The van der Waals surface area contributed by atoms with E-state index in [9.17, 15) is 9.90 Å². The van der Waals surface area contributed by atoms with Gasteiger partial charge in [-0.15, -0.1) is 24.8 Å². The van der Waals surface area contributed by atoms with Crippen molar-refractivity contribution < 1.29 is 9.90 Å². The van der Waals surface area contributed by atoms with Crippen molar-refractivity contribution in [3.8, 4) is 11.4 Å². The van der Waals surface area contributed by atoms with E-state index in [1.807, 2.05) is 16.8 Å². The zero-order chi connectivity index (χ0) is 24.8. The average Bonchev–Trinajstić information content (AvgIpc) is 3.14. The van der Waals surface area contributed by atoms with Crippen molar-refractivity contribution in [2.24, 2.45) is 5.92 Å². The number of aromatic hydroxyl groups is 1. The molecule has 2 aromatic rings. The second kappa shape index (κ2) is 15.0. The third-order valence-corrected chi connectivity index (χ3v) is 8.18. The van der Waals surface area contributed by atoms with Crippen LogP contribution in [0.1, 0.15) is 88.1 Å². The zero-order valence-corrected chi connectivity index (χ0v) is 24.5. The third kappa shape index (κ3) is 8.11. The number of aryl methyl sites for hydroxylation is 1. The Morgan fingerprint density at radius 2 is 1.68 bits per heavy atom. The highest BCUT2D eigenvalue weighted by atomic mass is 35.5. The Kier molecular flexibility index (Phi) is 12.7. The summed E-state index contributed by atoms with van der Waals surface area (Å²) in [7, 11) is 0. The van der Waals surface area contributed by atoms with Gasteiger partial charge in [0.05, 0.1) is 11.4 Å². The van der Waals surface area contributed by atoms with Crippen LogP contribution in [0.15, 0.2) is 24.3 Å². The van der Waals surface area contributed by atoms with Gasteiger partial charge in [-0.05, 0) is 76.1 Å². The molecule has 1 amide bonds. The number of hydrogen-bond acceptors (Lipinski definition) is 4. The summed E-state index contributed by atoms with van der Waals surface area (Å²) < 4.78 is 1.98. The van der Waals surface area contributed by atoms with Gasteiger partial charge in [-0.25, -0.2) is 4.68 Å². The number of nitrogens with zero attached hydrogens (tertiary/aromatic N) is 4. The topological polar surface area (TPSA) is 61.6 Å². The molecule has 1 N–H and O–H groups in total. The number of carbonyl (C=O) groups excluding carboxylic acids is 1. The molecule has 1 aliphatic carbocycles. The first-order chi connectivity index (χ1) is 17.0. The van der Waals surface area contributed by atoms with Gasteiger partial charge in [0.1, 0.15) is 5.75 Å². The van der Waals surface area contributed by atoms with Crippen LogP contribution >= 0.6 is 24.8 Å². The van der Waals surface area contributed by atoms with Gasteiger partial charge in [0.25, 0.3) is 0 Å². The van der Waals surface area contributed by atoms with Crippen LogP contribution in [0.4, 0.5) is 0 Å². The lowest BCUT2D eigenvalue weighted by Crippen LogP contribution is -2.48. The lowest BCUT2D eigenvalue weighted by atomic mass is 9.86. The Balaban J connectivity index is 0.00000241. The van der Waals surface area contributed by atoms with Crippen LogP contribution in [0, 0.1) is 19.8 Å². The molecule has 0 atom stereocenters. The Morgan fingerprint density at radius 1 is 1.03 bits per heavy atom. The van der Waals surface area contributed by atoms with Crippen LogP contribution in [0.3, 0.4) is 0 Å². The van der Waals surface area contributed by atoms with E-state index < -0.39 is 0 Å². The minimum Gasteiger partial charge on any atom is -0.508 e. The monoisotopic (exact) mass is 552 g/mol. The molecule has 6 nitrogen and oxygen atoms in total. The van der Waals surface area contributed by atoms with Gasteiger partial charge in [-0.2, -0.15) is 5.10 Å². The Morgan fingerprint density at radius 3 is 2.30 bits per heavy atom. The molecule has 4 rings (SSSR count). The molecule has 1 saturated carbocycles. The van der Waals surface area contributed by atoms with Gasteiger partial charge in [0.2, 0.25) is 5.91 Å². The van der Waals surface area contributed by atoms with Crippen molar-refractivity contribution in [2.75, 3.05) is 19.6 Å². The maximum Gasteiger partial charge on any atom is 0.223 e. The summed E-state index contributed by atoms with van der Waals surface area (Å²) in [5.41, 5.74) is 4.47. The molecule has 0 unspecified atom stereocenters. The molecule has 0 spiro atoms. The number of benzene rings is 1. The fraction of sp³-hybridized carbons (Fsp3) is 0.655. The number of piperidine rings is 1. The number of hydrogen-bond donors (Lipinski definition) is 1. The molecule has 0 radical (unpaired) electrons. The van der Waals surface area contributed by atoms with Crippen LogP contribution in [-0.4, -0.2) is 56.3 Å². The number of aromatic nitrogens is 2. The molecule has 1 saturated heterocycles. The van der Waals surface area contributed by atoms with Gasteiger partial charge >= 0.3 is 0 Å². The molecule has 2 fully saturated rings. The number of likely N-dealkylation sites (tertiary alicyclic amines) is 1. The molecule has 1 aromatic carbocycles. The normalized spacial score (nSPS) is 17.2. The number of phenolic OH excluding ortho intramolecular Hbond substituents is 1. The van der Waals surface area contributed by atoms with E-state index in [4.69, 9.17) is 5.10 Å². The summed E-state index contributed by atoms with van der Waals surface area (Å²) in [6.07, 6.45) is 11.5. The highest BCUT2D eigenvalue weighted by Gasteiger charge is 2.30. The molecule has 208 valence electrons. The summed E-state index contributed by atoms with van der Waals surface area (Å²) in [6.45, 7) is 10.3. The first-order valence-electron chi connectivity index (χ1n) is 13.8. The lowest BCUT2D eigenvalue weighted by molar-refractivity contribution is -0.136. The van der Waals surface area contributed by atoms with Crippen LogP contribution in [0.5, 0.6) is 5.75 Å². The Bertz CT molecular complexity index is 965. The van der Waals surface area contributed by atoms with Gasteiger partial charge in [-0.3, -0.25) is 9.69 Å². The molecule has 1 aromatic heterocycles. The molecule has 8 heteroatoms. The fourth-order valence-corrected chi connectivity index (χ4v) is 5.96. The van der Waals surface area contributed by atoms with Gasteiger partial charge < -0.3 is 10.0 Å². The molecule has 2 heterocycles. The van der Waals surface area contributed by atoms with Crippen LogP contribution in [0.2, 0.25) is 0 Å². The van der Waals surface area contributed by atoms with Crippen LogP contribution in [-0.2, 0) is 11.3 Å². The van der Waals surface area contributed by atoms with Crippen molar-refractivity contribution in [3.05, 3.63) is 41.2 Å². The summed E-state index contributed by atoms with van der Waals surface area (Å²) in [5, 5.41) is 14.4. The molecule has 0 bridgehead atoms. The summed E-state index contributed by atoms with van der Waals surface area (Å²) in [5.74, 6) is 1.28. The van der Waals surface area contributed by atoms with E-state index in [-0.39, 0.29) is 30.6 Å². The quantitative estimate of drug-likeness (QED) is 0.380. The molecule has 2 aliphatic rings. The third-order valence-electron chi connectivity index (χ3n) is 8.18. The Labute approximate surface area is 235 Å². The van der Waals surface area contributed by atoms with Crippen LogP contribution < -0.4 is 0 Å². The van der Waals surface area contributed by atoms with E-state index in [1.165, 1.54) is 37.7 Å². The molecule has 1 aliphatic heterocycles. The van der Waals surface area contributed by atoms with E-state index >= 15 is 0 Å². The van der Waals surface area contributed by atoms with E-state index in [2.05, 4.69) is 30.6 Å². The Hall–Kier alpha value is -1.76. The number of unbranched alkanes of at least 4 members (excludes halogenated alkanes) is 1. The SMILES string of the molecule is CCCCN(C(=O)CC1CCCCC1)C1CCN(Cc2c(C)nn(-c3ccc(O)cc3)c2C)CC1.Cl.Cl. The standard InChI is InChI=1S/C29H44N4O2.2ClH/c1-4-5-17-32(29(35)20-24-9-7-6-8-10-24)25-15-18-31(19-16-25)21-28-22(2)30-33(23(28)3)26-11-13-27(34)14-12-26;;/h11-14,24-25,34H,4-10,15-21H2,1-3H3;2*1H. The predicted octanol–water partition coefficient (Wildman–Crippen LogP) is 6.60. The number of halogens is 2.